The summed E-state index contributed by atoms with van der Waals surface area (Å²) in [6, 6.07) is 13.3. The number of hydrogen-bond donors (Lipinski definition) is 1. The molecule has 0 unspecified atom stereocenters. The van der Waals surface area contributed by atoms with Gasteiger partial charge in [0.2, 0.25) is 10.0 Å². The van der Waals surface area contributed by atoms with Crippen LogP contribution in [0, 0.1) is 0 Å². The largest absolute Gasteiger partial charge is 0.508 e. The summed E-state index contributed by atoms with van der Waals surface area (Å²) in [6.45, 7) is 4.36. The highest BCUT2D eigenvalue weighted by Gasteiger charge is 2.28. The molecule has 30 heavy (non-hydrogen) atoms. The Morgan fingerprint density at radius 3 is 2.37 bits per heavy atom. The molecule has 0 aliphatic carbocycles. The second-order valence-corrected chi connectivity index (χ2v) is 9.35. The first-order valence-electron chi connectivity index (χ1n) is 9.94. The number of rotatable bonds is 5. The number of aromatic hydroxyl groups is 1. The summed E-state index contributed by atoms with van der Waals surface area (Å²) in [5, 5.41) is 10.9. The molecular formula is C22H24N2O5S. The molecule has 4 rings (SSSR count). The highest BCUT2D eigenvalue weighted by Crippen LogP contribution is 2.28. The third-order valence-corrected chi connectivity index (χ3v) is 7.43. The third kappa shape index (κ3) is 3.98. The number of fused-ring (bicyclic) bond motifs is 1. The summed E-state index contributed by atoms with van der Waals surface area (Å²) < 4.78 is 32.4. The maximum Gasteiger partial charge on any atom is 0.336 e. The second kappa shape index (κ2) is 8.22. The van der Waals surface area contributed by atoms with Gasteiger partial charge in [0.1, 0.15) is 11.3 Å². The van der Waals surface area contributed by atoms with E-state index in [2.05, 4.69) is 4.90 Å². The van der Waals surface area contributed by atoms with Gasteiger partial charge in [-0.05, 0) is 35.7 Å². The minimum Gasteiger partial charge on any atom is -0.508 e. The number of benzene rings is 2. The minimum absolute atomic E-state index is 0.116. The summed E-state index contributed by atoms with van der Waals surface area (Å²) >= 11 is 0. The van der Waals surface area contributed by atoms with Crippen molar-refractivity contribution in [3.63, 3.8) is 0 Å². The first-order chi connectivity index (χ1) is 14.4. The zero-order valence-corrected chi connectivity index (χ0v) is 17.6. The van der Waals surface area contributed by atoms with Gasteiger partial charge in [-0.15, -0.1) is 0 Å². The van der Waals surface area contributed by atoms with Crippen molar-refractivity contribution < 1.29 is 17.9 Å². The molecule has 0 saturated carbocycles. The van der Waals surface area contributed by atoms with E-state index in [1.54, 1.807) is 30.3 Å². The fraction of sp³-hybridized carbons (Fsp3) is 0.318. The molecule has 2 aromatic carbocycles. The van der Waals surface area contributed by atoms with Crippen LogP contribution in [0.3, 0.4) is 0 Å². The molecule has 0 bridgehead atoms. The summed E-state index contributed by atoms with van der Waals surface area (Å²) in [5.41, 5.74) is 1.50. The van der Waals surface area contributed by atoms with Gasteiger partial charge in [0.05, 0.1) is 4.90 Å². The number of hydrogen-bond acceptors (Lipinski definition) is 6. The summed E-state index contributed by atoms with van der Waals surface area (Å²) in [4.78, 5) is 14.4. The van der Waals surface area contributed by atoms with E-state index >= 15 is 0 Å². The first-order valence-corrected chi connectivity index (χ1v) is 11.4. The van der Waals surface area contributed by atoms with Crippen LogP contribution in [0.5, 0.6) is 5.75 Å². The number of phenols is 1. The lowest BCUT2D eigenvalue weighted by Crippen LogP contribution is -2.48. The van der Waals surface area contributed by atoms with Crippen molar-refractivity contribution in [2.75, 3.05) is 26.2 Å². The average molecular weight is 429 g/mol. The van der Waals surface area contributed by atoms with Crippen LogP contribution in [-0.4, -0.2) is 48.9 Å². The fourth-order valence-electron chi connectivity index (χ4n) is 3.83. The minimum atomic E-state index is -3.50. The van der Waals surface area contributed by atoms with Crippen molar-refractivity contribution in [1.29, 1.82) is 0 Å². The molecule has 158 valence electrons. The van der Waals surface area contributed by atoms with Gasteiger partial charge >= 0.3 is 5.63 Å². The highest BCUT2D eigenvalue weighted by atomic mass is 32.2. The summed E-state index contributed by atoms with van der Waals surface area (Å²) in [7, 11) is -3.50. The predicted molar refractivity (Wildman–Crippen MR) is 114 cm³/mol. The van der Waals surface area contributed by atoms with Gasteiger partial charge in [-0.25, -0.2) is 13.2 Å². The van der Waals surface area contributed by atoms with E-state index in [1.807, 2.05) is 13.0 Å². The Morgan fingerprint density at radius 1 is 1.00 bits per heavy atom. The molecule has 3 aromatic rings. The van der Waals surface area contributed by atoms with E-state index in [4.69, 9.17) is 4.42 Å². The van der Waals surface area contributed by atoms with Crippen LogP contribution in [0.15, 0.2) is 62.6 Å². The lowest BCUT2D eigenvalue weighted by molar-refractivity contribution is 0.182. The predicted octanol–water partition coefficient (Wildman–Crippen LogP) is 2.57. The van der Waals surface area contributed by atoms with E-state index in [1.165, 1.54) is 16.4 Å². The van der Waals surface area contributed by atoms with Gasteiger partial charge in [0.15, 0.2) is 0 Å². The molecule has 1 aliphatic rings. The Hall–Kier alpha value is -2.68. The van der Waals surface area contributed by atoms with Crippen LogP contribution in [0.1, 0.15) is 18.1 Å². The molecule has 8 heteroatoms. The van der Waals surface area contributed by atoms with E-state index in [9.17, 15) is 18.3 Å². The maximum absolute atomic E-state index is 12.8. The van der Waals surface area contributed by atoms with Gasteiger partial charge in [-0.3, -0.25) is 4.90 Å². The molecule has 0 atom stereocenters. The third-order valence-electron chi connectivity index (χ3n) is 5.52. The van der Waals surface area contributed by atoms with Gasteiger partial charge in [0, 0.05) is 50.2 Å². The van der Waals surface area contributed by atoms with Crippen LogP contribution in [-0.2, 0) is 23.0 Å². The van der Waals surface area contributed by atoms with E-state index in [0.717, 1.165) is 16.5 Å². The SMILES string of the molecule is CCc1cc2c(CN3CCN(S(=O)(=O)c4ccccc4)CC3)cc(=O)oc2cc1O. The van der Waals surface area contributed by atoms with Crippen LogP contribution >= 0.6 is 0 Å². The molecule has 0 amide bonds. The van der Waals surface area contributed by atoms with E-state index in [-0.39, 0.29) is 5.75 Å². The second-order valence-electron chi connectivity index (χ2n) is 7.41. The van der Waals surface area contributed by atoms with E-state index < -0.39 is 15.6 Å². The Labute approximate surface area is 175 Å². The monoisotopic (exact) mass is 428 g/mol. The summed E-state index contributed by atoms with van der Waals surface area (Å²) in [5.74, 6) is 0.116. The van der Waals surface area contributed by atoms with Crippen molar-refractivity contribution in [1.82, 2.24) is 9.21 Å². The first kappa shape index (κ1) is 20.6. The maximum atomic E-state index is 12.8. The van der Waals surface area contributed by atoms with Crippen LogP contribution in [0.25, 0.3) is 11.0 Å². The Balaban J connectivity index is 1.53. The number of nitrogens with zero attached hydrogens (tertiary/aromatic N) is 2. The molecule has 1 fully saturated rings. The van der Waals surface area contributed by atoms with Crippen molar-refractivity contribution in [2.24, 2.45) is 0 Å². The average Bonchev–Trinajstić information content (AvgIpc) is 2.74. The van der Waals surface area contributed by atoms with Crippen LogP contribution < -0.4 is 5.63 Å². The van der Waals surface area contributed by atoms with Gasteiger partial charge in [0.25, 0.3) is 0 Å². The van der Waals surface area contributed by atoms with Crippen molar-refractivity contribution in [2.45, 2.75) is 24.8 Å². The standard InChI is InChI=1S/C22H24N2O5S/c1-2-16-12-19-17(13-22(26)29-21(19)14-20(16)25)15-23-8-10-24(11-9-23)30(27,28)18-6-4-3-5-7-18/h3-7,12-14,25H,2,8-11,15H2,1H3. The Kier molecular flexibility index (Phi) is 5.64. The van der Waals surface area contributed by atoms with Gasteiger partial charge in [-0.2, -0.15) is 4.31 Å². The smallest absolute Gasteiger partial charge is 0.336 e. The fourth-order valence-corrected chi connectivity index (χ4v) is 5.27. The summed E-state index contributed by atoms with van der Waals surface area (Å²) in [6.07, 6.45) is 0.663. The molecule has 1 N–H and O–H groups in total. The zero-order valence-electron chi connectivity index (χ0n) is 16.7. The van der Waals surface area contributed by atoms with Crippen molar-refractivity contribution in [3.05, 3.63) is 70.1 Å². The van der Waals surface area contributed by atoms with Gasteiger partial charge in [-0.1, -0.05) is 25.1 Å². The molecule has 7 nitrogen and oxygen atoms in total. The van der Waals surface area contributed by atoms with Crippen molar-refractivity contribution >= 4 is 21.0 Å². The molecule has 0 radical (unpaired) electrons. The molecule has 2 heterocycles. The Morgan fingerprint density at radius 2 is 1.70 bits per heavy atom. The normalized spacial score (nSPS) is 16.2. The molecule has 0 spiro atoms. The van der Waals surface area contributed by atoms with E-state index in [0.29, 0.717) is 49.6 Å². The molecule has 1 saturated heterocycles. The quantitative estimate of drug-likeness (QED) is 0.628. The topological polar surface area (TPSA) is 91.1 Å². The highest BCUT2D eigenvalue weighted by molar-refractivity contribution is 7.89. The molecule has 1 aromatic heterocycles. The van der Waals surface area contributed by atoms with Crippen LogP contribution in [0.4, 0.5) is 0 Å². The Bertz CT molecular complexity index is 1210. The number of sulfonamides is 1. The van der Waals surface area contributed by atoms with Crippen molar-refractivity contribution in [3.8, 4) is 5.75 Å². The number of phenolic OH excluding ortho intramolecular Hbond substituents is 1. The lowest BCUT2D eigenvalue weighted by Gasteiger charge is -2.34. The van der Waals surface area contributed by atoms with Gasteiger partial charge < -0.3 is 9.52 Å². The number of aryl methyl sites for hydroxylation is 1. The lowest BCUT2D eigenvalue weighted by atomic mass is 10.0. The zero-order chi connectivity index (χ0) is 21.3. The molecular weight excluding hydrogens is 404 g/mol. The number of piperazine rings is 1. The molecule has 1 aliphatic heterocycles. The van der Waals surface area contributed by atoms with Crippen LogP contribution in [0.2, 0.25) is 0 Å².